The van der Waals surface area contributed by atoms with Gasteiger partial charge in [-0.1, -0.05) is 36.5 Å². The van der Waals surface area contributed by atoms with Gasteiger partial charge >= 0.3 is 5.69 Å². The largest absolute Gasteiger partial charge is 0.383 e. The van der Waals surface area contributed by atoms with E-state index >= 15 is 0 Å². The molecule has 2 aromatic rings. The van der Waals surface area contributed by atoms with Crippen LogP contribution in [0.1, 0.15) is 19.8 Å². The Bertz CT molecular complexity index is 1170. The van der Waals surface area contributed by atoms with E-state index < -0.39 is 17.2 Å². The van der Waals surface area contributed by atoms with Crippen LogP contribution in [0.2, 0.25) is 10.0 Å². The van der Waals surface area contributed by atoms with Gasteiger partial charge in [-0.05, 0) is 31.7 Å². The number of aromatic nitrogens is 2. The summed E-state index contributed by atoms with van der Waals surface area (Å²) < 4.78 is 6.32. The van der Waals surface area contributed by atoms with Crippen molar-refractivity contribution in [2.75, 3.05) is 56.3 Å². The molecule has 0 spiro atoms. The number of rotatable bonds is 12. The van der Waals surface area contributed by atoms with Crippen molar-refractivity contribution in [2.24, 2.45) is 0 Å². The highest BCUT2D eigenvalue weighted by Gasteiger charge is 2.25. The second-order valence-corrected chi connectivity index (χ2v) is 8.70. The molecule has 0 radical (unpaired) electrons. The average molecular weight is 529 g/mol. The summed E-state index contributed by atoms with van der Waals surface area (Å²) in [4.78, 5) is 55.3. The summed E-state index contributed by atoms with van der Waals surface area (Å²) in [6.45, 7) is 2.08. The number of hydrogen-bond donors (Lipinski definition) is 3. The highest BCUT2D eigenvalue weighted by atomic mass is 35.5. The Morgan fingerprint density at radius 2 is 1.91 bits per heavy atom. The van der Waals surface area contributed by atoms with E-state index in [4.69, 9.17) is 33.7 Å². The van der Waals surface area contributed by atoms with Gasteiger partial charge in [0.15, 0.2) is 5.69 Å². The topological polar surface area (TPSA) is 143 Å². The molecule has 0 aliphatic carbocycles. The van der Waals surface area contributed by atoms with Crippen LogP contribution in [0.5, 0.6) is 0 Å². The van der Waals surface area contributed by atoms with Gasteiger partial charge in [-0.15, -0.1) is 0 Å². The molecule has 0 unspecified atom stereocenters. The molecule has 0 aliphatic rings. The number of carbonyl (C=O) groups excluding carboxylic acids is 2. The number of unbranched alkanes of at least 4 members (excludes halogenated alkanes) is 1. The molecule has 4 N–H and O–H groups in total. The Labute approximate surface area is 212 Å². The fourth-order valence-corrected chi connectivity index (χ4v) is 3.61. The molecule has 0 aliphatic heterocycles. The lowest BCUT2D eigenvalue weighted by atomic mass is 10.3. The molecule has 13 heteroatoms. The zero-order valence-corrected chi connectivity index (χ0v) is 21.4. The maximum atomic E-state index is 13.2. The molecular formula is C22H30Cl2N6O5. The van der Waals surface area contributed by atoms with Crippen molar-refractivity contribution in [1.82, 2.24) is 14.5 Å². The van der Waals surface area contributed by atoms with Crippen LogP contribution in [0.3, 0.4) is 0 Å². The number of H-pyrrole nitrogens is 1. The Morgan fingerprint density at radius 1 is 1.20 bits per heavy atom. The molecule has 2 rings (SSSR count). The number of aromatic amines is 1. The maximum Gasteiger partial charge on any atom is 0.330 e. The first-order chi connectivity index (χ1) is 16.6. The molecule has 0 saturated carbocycles. The van der Waals surface area contributed by atoms with Gasteiger partial charge in [-0.3, -0.25) is 28.8 Å². The molecule has 1 aromatic carbocycles. The molecule has 35 heavy (non-hydrogen) atoms. The van der Waals surface area contributed by atoms with Crippen LogP contribution in [0, 0.1) is 0 Å². The summed E-state index contributed by atoms with van der Waals surface area (Å²) in [7, 11) is 3.04. The molecule has 11 nitrogen and oxygen atoms in total. The standard InChI is InChI=1S/C22H30Cl2N6O5/c1-4-5-8-30-20(25)19(21(33)27-22(30)34)29(9-10-35-3)18(32)13-28(2)12-17(31)26-14-6-7-15(23)16(24)11-14/h6-7,11H,4-5,8-10,12-13,25H2,1-3H3,(H,26,31)(H,27,33,34). The van der Waals surface area contributed by atoms with Crippen LogP contribution < -0.4 is 27.2 Å². The van der Waals surface area contributed by atoms with Gasteiger partial charge in [0.25, 0.3) is 5.56 Å². The predicted octanol–water partition coefficient (Wildman–Crippen LogP) is 1.78. The minimum Gasteiger partial charge on any atom is -0.383 e. The molecule has 0 fully saturated rings. The molecule has 2 amide bonds. The van der Waals surface area contributed by atoms with Crippen LogP contribution in [0.25, 0.3) is 0 Å². The number of nitrogens with two attached hydrogens (primary N) is 1. The van der Waals surface area contributed by atoms with Crippen LogP contribution in [-0.4, -0.2) is 66.7 Å². The van der Waals surface area contributed by atoms with E-state index in [1.165, 1.54) is 27.5 Å². The second kappa shape index (κ2) is 13.3. The number of anilines is 3. The number of ether oxygens (including phenoxy) is 1. The van der Waals surface area contributed by atoms with E-state index in [9.17, 15) is 19.2 Å². The summed E-state index contributed by atoms with van der Waals surface area (Å²) in [5, 5.41) is 3.34. The van der Waals surface area contributed by atoms with Crippen molar-refractivity contribution in [3.8, 4) is 0 Å². The molecule has 0 atom stereocenters. The third kappa shape index (κ3) is 7.82. The first kappa shape index (κ1) is 28.4. The summed E-state index contributed by atoms with van der Waals surface area (Å²) in [5.41, 5.74) is 5.08. The molecule has 0 bridgehead atoms. The Kier molecular flexibility index (Phi) is 10.8. The Morgan fingerprint density at radius 3 is 2.54 bits per heavy atom. The third-order valence-electron chi connectivity index (χ3n) is 5.06. The monoisotopic (exact) mass is 528 g/mol. The van der Waals surface area contributed by atoms with Gasteiger partial charge in [0, 0.05) is 25.9 Å². The number of benzene rings is 1. The number of nitrogens with zero attached hydrogens (tertiary/aromatic N) is 3. The zero-order valence-electron chi connectivity index (χ0n) is 19.9. The fourth-order valence-electron chi connectivity index (χ4n) is 3.31. The number of carbonyl (C=O) groups is 2. The summed E-state index contributed by atoms with van der Waals surface area (Å²) in [6.07, 6.45) is 1.47. The maximum absolute atomic E-state index is 13.2. The van der Waals surface area contributed by atoms with Crippen molar-refractivity contribution >= 4 is 52.2 Å². The van der Waals surface area contributed by atoms with Gasteiger partial charge in [-0.25, -0.2) is 4.79 Å². The summed E-state index contributed by atoms with van der Waals surface area (Å²) >= 11 is 11.9. The van der Waals surface area contributed by atoms with E-state index in [0.717, 1.165) is 6.42 Å². The van der Waals surface area contributed by atoms with E-state index in [1.54, 1.807) is 19.2 Å². The first-order valence-corrected chi connectivity index (χ1v) is 11.7. The quantitative estimate of drug-likeness (QED) is 0.380. The number of methoxy groups -OCH3 is 1. The second-order valence-electron chi connectivity index (χ2n) is 7.89. The molecule has 1 heterocycles. The number of amides is 2. The van der Waals surface area contributed by atoms with Crippen molar-refractivity contribution in [1.29, 1.82) is 0 Å². The number of likely N-dealkylation sites (N-methyl/N-ethyl adjacent to an activating group) is 1. The highest BCUT2D eigenvalue weighted by molar-refractivity contribution is 6.42. The minimum atomic E-state index is -0.773. The third-order valence-corrected chi connectivity index (χ3v) is 5.80. The van der Waals surface area contributed by atoms with Gasteiger partial charge in [0.2, 0.25) is 11.8 Å². The molecular weight excluding hydrogens is 499 g/mol. The number of nitrogen functional groups attached to an aromatic ring is 1. The minimum absolute atomic E-state index is 0.0257. The van der Waals surface area contributed by atoms with Crippen molar-refractivity contribution in [2.45, 2.75) is 26.3 Å². The molecule has 1 aromatic heterocycles. The van der Waals surface area contributed by atoms with Gasteiger partial charge in [0.05, 0.1) is 29.7 Å². The van der Waals surface area contributed by atoms with Crippen LogP contribution in [-0.2, 0) is 20.9 Å². The zero-order chi connectivity index (χ0) is 26.1. The van der Waals surface area contributed by atoms with Gasteiger partial charge < -0.3 is 20.7 Å². The summed E-state index contributed by atoms with van der Waals surface area (Å²) in [6, 6.07) is 4.68. The molecule has 0 saturated heterocycles. The SMILES string of the molecule is CCCCn1c(N)c(N(CCOC)C(=O)CN(C)CC(=O)Nc2ccc(Cl)c(Cl)c2)c(=O)[nH]c1=O. The smallest absolute Gasteiger partial charge is 0.330 e. The van der Waals surface area contributed by atoms with E-state index in [1.807, 2.05) is 6.92 Å². The number of hydrogen-bond acceptors (Lipinski definition) is 7. The number of halogens is 2. The molecule has 192 valence electrons. The lowest BCUT2D eigenvalue weighted by Crippen LogP contribution is -2.46. The Balaban J connectivity index is 2.19. The highest BCUT2D eigenvalue weighted by Crippen LogP contribution is 2.25. The summed E-state index contributed by atoms with van der Waals surface area (Å²) in [5.74, 6) is -0.978. The Hall–Kier alpha value is -2.86. The number of nitrogens with one attached hydrogen (secondary N) is 2. The lowest BCUT2D eigenvalue weighted by molar-refractivity contribution is -0.121. The van der Waals surface area contributed by atoms with Crippen molar-refractivity contribution < 1.29 is 14.3 Å². The van der Waals surface area contributed by atoms with Gasteiger partial charge in [-0.2, -0.15) is 0 Å². The van der Waals surface area contributed by atoms with Crippen LogP contribution >= 0.6 is 23.2 Å². The normalized spacial score (nSPS) is 11.0. The first-order valence-electron chi connectivity index (χ1n) is 10.9. The average Bonchev–Trinajstić information content (AvgIpc) is 2.77. The van der Waals surface area contributed by atoms with Crippen molar-refractivity contribution in [3.05, 3.63) is 49.1 Å². The van der Waals surface area contributed by atoms with E-state index in [2.05, 4.69) is 10.3 Å². The van der Waals surface area contributed by atoms with Crippen molar-refractivity contribution in [3.63, 3.8) is 0 Å². The fraction of sp³-hybridized carbons (Fsp3) is 0.455. The van der Waals surface area contributed by atoms with Crippen LogP contribution in [0.4, 0.5) is 17.2 Å². The van der Waals surface area contributed by atoms with E-state index in [0.29, 0.717) is 28.7 Å². The van der Waals surface area contributed by atoms with Gasteiger partial charge in [0.1, 0.15) is 5.82 Å². The van der Waals surface area contributed by atoms with E-state index in [-0.39, 0.29) is 43.7 Å². The lowest BCUT2D eigenvalue weighted by Gasteiger charge is -2.26. The van der Waals surface area contributed by atoms with Crippen LogP contribution in [0.15, 0.2) is 27.8 Å². The predicted molar refractivity (Wildman–Crippen MR) is 137 cm³/mol.